The molecule has 0 saturated heterocycles. The first-order chi connectivity index (χ1) is 52.5. The Kier molecular flexibility index (Phi) is 36.1. The molecule has 0 radical (unpaired) electrons. The van der Waals surface area contributed by atoms with Gasteiger partial charge in [0, 0.05) is 91.2 Å². The van der Waals surface area contributed by atoms with E-state index in [1.807, 2.05) is 13.8 Å². The van der Waals surface area contributed by atoms with Crippen molar-refractivity contribution in [3.05, 3.63) is 102 Å². The van der Waals surface area contributed by atoms with E-state index < -0.39 is 218 Å². The van der Waals surface area contributed by atoms with Crippen LogP contribution in [0.25, 0.3) is 21.8 Å². The molecule has 12 atom stereocenters. The molecule has 2 heterocycles. The van der Waals surface area contributed by atoms with Crippen LogP contribution in [0.1, 0.15) is 116 Å². The molecule has 5 rings (SSSR count). The summed E-state index contributed by atoms with van der Waals surface area (Å²) in [5.74, 6) is -17.1. The van der Waals surface area contributed by atoms with Gasteiger partial charge in [-0.3, -0.25) is 76.7 Å². The Balaban J connectivity index is 1.48. The molecule has 604 valence electrons. The molecule has 0 saturated carbocycles. The molecule has 0 fully saturated rings. The van der Waals surface area contributed by atoms with Crippen molar-refractivity contribution in [3.8, 4) is 5.75 Å². The first kappa shape index (κ1) is 90.3. The number of aliphatic hydroxyl groups is 1. The van der Waals surface area contributed by atoms with Crippen LogP contribution in [0.15, 0.2) is 85.2 Å². The molecule has 111 heavy (non-hydrogen) atoms. The predicted molar refractivity (Wildman–Crippen MR) is 412 cm³/mol. The summed E-state index contributed by atoms with van der Waals surface area (Å²) in [6.07, 6.45) is -2.45. The molecule has 0 aliphatic heterocycles. The number of thiol groups is 2. The number of benzene rings is 3. The Morgan fingerprint density at radius 3 is 1.18 bits per heavy atom. The number of nitrogens with two attached hydrogens (primary N) is 3. The third-order valence-corrected chi connectivity index (χ3v) is 18.3. The zero-order chi connectivity index (χ0) is 82.3. The quantitative estimate of drug-likeness (QED) is 0.0178. The van der Waals surface area contributed by atoms with Gasteiger partial charge in [0.2, 0.25) is 88.6 Å². The molecule has 0 unspecified atom stereocenters. The fraction of sp³-hybridized carbons (Fsp3) is 0.479. The van der Waals surface area contributed by atoms with Crippen LogP contribution in [0.4, 0.5) is 0 Å². The summed E-state index contributed by atoms with van der Waals surface area (Å²) in [6, 6.07) is 1.72. The molecule has 0 aliphatic carbocycles. The Morgan fingerprint density at radius 2 is 0.775 bits per heavy atom. The summed E-state index contributed by atoms with van der Waals surface area (Å²) in [5, 5.41) is 62.3. The van der Waals surface area contributed by atoms with E-state index in [0.29, 0.717) is 38.5 Å². The zero-order valence-corrected chi connectivity index (χ0v) is 64.1. The number of phenolic OH excluding ortho intramolecular Hbond substituents is 1. The van der Waals surface area contributed by atoms with E-state index in [4.69, 9.17) is 17.2 Å². The molecule has 0 spiro atoms. The van der Waals surface area contributed by atoms with Crippen LogP contribution in [-0.2, 0) is 96.0 Å². The van der Waals surface area contributed by atoms with Gasteiger partial charge in [-0.15, -0.1) is 0 Å². The lowest BCUT2D eigenvalue weighted by atomic mass is 9.99. The van der Waals surface area contributed by atoms with Crippen LogP contribution >= 0.6 is 25.3 Å². The Bertz CT molecular complexity index is 4130. The second-order valence-electron chi connectivity index (χ2n) is 27.6. The van der Waals surface area contributed by atoms with Gasteiger partial charge in [-0.25, -0.2) is 0 Å². The second-order valence-corrected chi connectivity index (χ2v) is 28.4. The number of aromatic amines is 2. The standard InChI is InChI=1S/C73H101N17O19S2/c1-36(2)15-20-48(64(100)81-51(23-26-61(97)98)65(101)85-52(27-37(3)4)63(99)79-33-60(76)96)82-69(105)54(29-41-31-77-46-13-9-7-11-44(41)46)87-68(104)53(28-40-16-18-43(93)19-17-40)86-72(108)57(35-111)89-66(102)49(21-24-58(74)94)83-70(106)55(30-42-32-78-47-14-10-8-12-45(42)47)88-73(109)62(38(5)91)90-67(103)50(22-25-59(75)95)84-71(107)56(34-110)80-39(6)92/h7-14,16-19,31-32,36-38,48-57,62,77-78,91,93,110-111H,15,20-30,33-35H2,1-6H3,(H2,74,94)(H2,75,95)(H2,76,96)(H,79,99)(H,80,92)(H,81,100)(H,82,105)(H,83,106)(H,84,107)(H,85,101)(H,86,108)(H,87,104)(H,88,109)(H,89,102)(H,90,103)(H,97,98)/t38-,48+,49+,50+,51+,52+,53+,54+,55+,56+,57+,62+/m1/s1. The van der Waals surface area contributed by atoms with Crippen LogP contribution in [-0.4, -0.2) is 210 Å². The minimum absolute atomic E-state index is 0.0461. The number of carbonyl (C=O) groups is 16. The number of aromatic hydroxyl groups is 1. The van der Waals surface area contributed by atoms with E-state index in [1.165, 1.54) is 30.5 Å². The van der Waals surface area contributed by atoms with Gasteiger partial charge in [-0.1, -0.05) is 76.2 Å². The maximum Gasteiger partial charge on any atom is 0.303 e. The van der Waals surface area contributed by atoms with Gasteiger partial charge in [0.15, 0.2) is 0 Å². The number of hydrogen-bond donors (Lipinski definition) is 22. The number of carboxylic acid groups (broad SMARTS) is 1. The number of hydrogen-bond acceptors (Lipinski definition) is 20. The van der Waals surface area contributed by atoms with E-state index in [9.17, 15) is 82.4 Å². The highest BCUT2D eigenvalue weighted by molar-refractivity contribution is 7.80. The molecule has 3 aromatic carbocycles. The first-order valence-electron chi connectivity index (χ1n) is 35.9. The van der Waals surface area contributed by atoms with Crippen molar-refractivity contribution in [2.75, 3.05) is 18.1 Å². The van der Waals surface area contributed by atoms with Crippen molar-refractivity contribution >= 4 is 142 Å². The van der Waals surface area contributed by atoms with E-state index in [-0.39, 0.29) is 61.9 Å². The highest BCUT2D eigenvalue weighted by atomic mass is 32.1. The van der Waals surface area contributed by atoms with E-state index >= 15 is 9.59 Å². The van der Waals surface area contributed by atoms with Crippen molar-refractivity contribution in [3.63, 3.8) is 0 Å². The number of primary amides is 3. The molecule has 23 N–H and O–H groups in total. The smallest absolute Gasteiger partial charge is 0.303 e. The summed E-state index contributed by atoms with van der Waals surface area (Å²) < 4.78 is 0. The van der Waals surface area contributed by atoms with Crippen molar-refractivity contribution in [1.82, 2.24) is 73.8 Å². The zero-order valence-electron chi connectivity index (χ0n) is 62.3. The van der Waals surface area contributed by atoms with Crippen LogP contribution in [0.3, 0.4) is 0 Å². The lowest BCUT2D eigenvalue weighted by Crippen LogP contribution is -2.62. The van der Waals surface area contributed by atoms with Crippen molar-refractivity contribution < 1.29 is 92.0 Å². The maximum absolute atomic E-state index is 15.2. The van der Waals surface area contributed by atoms with Crippen LogP contribution in [0, 0.1) is 11.8 Å². The fourth-order valence-electron chi connectivity index (χ4n) is 11.7. The minimum Gasteiger partial charge on any atom is -0.508 e. The Morgan fingerprint density at radius 1 is 0.405 bits per heavy atom. The van der Waals surface area contributed by atoms with Crippen LogP contribution in [0.2, 0.25) is 0 Å². The van der Waals surface area contributed by atoms with Gasteiger partial charge in [0.1, 0.15) is 72.2 Å². The molecule has 5 aromatic rings. The molecule has 36 nitrogen and oxygen atoms in total. The summed E-state index contributed by atoms with van der Waals surface area (Å²) in [6.45, 7) is 8.87. The molecular weight excluding hydrogens is 1480 g/mol. The maximum atomic E-state index is 15.2. The van der Waals surface area contributed by atoms with Gasteiger partial charge in [0.25, 0.3) is 0 Å². The Hall–Kier alpha value is -11.3. The van der Waals surface area contributed by atoms with Crippen molar-refractivity contribution in [2.45, 2.75) is 191 Å². The topological polar surface area (TPSA) is 588 Å². The third kappa shape index (κ3) is 29.9. The number of fused-ring (bicyclic) bond motifs is 2. The second kappa shape index (κ2) is 44.4. The molecule has 2 aromatic heterocycles. The van der Waals surface area contributed by atoms with Crippen LogP contribution in [0.5, 0.6) is 5.75 Å². The average molecular weight is 1580 g/mol. The number of nitrogens with one attached hydrogen (secondary N) is 14. The highest BCUT2D eigenvalue weighted by Gasteiger charge is 2.39. The molecular formula is C73H101N17O19S2. The number of amides is 15. The van der Waals surface area contributed by atoms with Gasteiger partial charge in [-0.05, 0) is 98.2 Å². The summed E-state index contributed by atoms with van der Waals surface area (Å²) >= 11 is 8.46. The lowest BCUT2D eigenvalue weighted by Gasteiger charge is -2.29. The largest absolute Gasteiger partial charge is 0.508 e. The Labute approximate surface area is 650 Å². The monoisotopic (exact) mass is 1580 g/mol. The highest BCUT2D eigenvalue weighted by Crippen LogP contribution is 2.23. The molecule has 38 heteroatoms. The predicted octanol–water partition coefficient (Wildman–Crippen LogP) is -2.54. The number of carbonyl (C=O) groups excluding carboxylic acids is 15. The van der Waals surface area contributed by atoms with Gasteiger partial charge >= 0.3 is 5.97 Å². The van der Waals surface area contributed by atoms with Crippen LogP contribution < -0.4 is 81.0 Å². The van der Waals surface area contributed by atoms with E-state index in [1.54, 1.807) is 68.6 Å². The van der Waals surface area contributed by atoms with Crippen molar-refractivity contribution in [2.24, 2.45) is 29.0 Å². The van der Waals surface area contributed by atoms with Crippen molar-refractivity contribution in [1.29, 1.82) is 0 Å². The number of aliphatic carboxylic acids is 1. The first-order valence-corrected chi connectivity index (χ1v) is 37.2. The number of para-hydroxylation sites is 2. The van der Waals surface area contributed by atoms with Gasteiger partial charge < -0.3 is 106 Å². The number of aliphatic hydroxyl groups excluding tert-OH is 1. The summed E-state index contributed by atoms with van der Waals surface area (Å²) in [5.41, 5.74) is 18.7. The van der Waals surface area contributed by atoms with E-state index in [2.05, 4.69) is 99.0 Å². The van der Waals surface area contributed by atoms with Gasteiger partial charge in [0.05, 0.1) is 12.6 Å². The molecule has 0 aliphatic rings. The average Bonchev–Trinajstić information content (AvgIpc) is 1.71. The summed E-state index contributed by atoms with van der Waals surface area (Å²) in [4.78, 5) is 224. The third-order valence-electron chi connectivity index (χ3n) is 17.6. The number of aromatic nitrogens is 2. The number of H-pyrrole nitrogens is 2. The van der Waals surface area contributed by atoms with E-state index in [0.717, 1.165) is 13.8 Å². The number of phenols is 1. The minimum atomic E-state index is -1.91. The SMILES string of the molecule is CC(=O)N[C@@H](CS)C(=O)N[C@@H](CCC(N)=O)C(=O)N[C@H](C(=O)N[C@@H](Cc1c[nH]c2ccccc12)C(=O)N[C@@H](CCC(N)=O)C(=O)N[C@@H](CS)C(=O)N[C@@H](Cc1ccc(O)cc1)C(=O)N[C@@H](Cc1c[nH]c2ccccc12)C(=O)N[C@@H](CCC(C)C)C(=O)N[C@@H](CCC(=O)O)C(=O)N[C@@H](CC(C)C)C(=O)NCC(N)=O)[C@@H](C)O. The fourth-order valence-corrected chi connectivity index (χ4v) is 12.2. The lowest BCUT2D eigenvalue weighted by molar-refractivity contribution is -0.139. The van der Waals surface area contributed by atoms with Gasteiger partial charge in [-0.2, -0.15) is 25.3 Å². The number of carboxylic acids is 1. The molecule has 15 amide bonds. The molecule has 0 bridgehead atoms. The normalized spacial score (nSPS) is 14.5. The number of rotatable bonds is 47. The summed E-state index contributed by atoms with van der Waals surface area (Å²) in [7, 11) is 0.